The molecular formula is C8H13N3O5S. The van der Waals surface area contributed by atoms with Crippen LogP contribution in [0.3, 0.4) is 0 Å². The normalized spacial score (nSPS) is 28.6. The van der Waals surface area contributed by atoms with Gasteiger partial charge in [-0.2, -0.15) is 13.5 Å². The predicted octanol–water partition coefficient (Wildman–Crippen LogP) is -1.37. The number of rotatable bonds is 3. The number of hydrogen-bond donors (Lipinski definition) is 1. The average Bonchev–Trinajstić information content (AvgIpc) is 2.42. The van der Waals surface area contributed by atoms with Crippen LogP contribution in [0.1, 0.15) is 12.8 Å². The molecule has 0 saturated carbocycles. The highest BCUT2D eigenvalue weighted by molar-refractivity contribution is 7.85. The van der Waals surface area contributed by atoms with E-state index in [-0.39, 0.29) is 12.6 Å². The summed E-state index contributed by atoms with van der Waals surface area (Å²) in [5.41, 5.74) is 5.18. The molecule has 0 aliphatic carbocycles. The van der Waals surface area contributed by atoms with Crippen molar-refractivity contribution in [1.29, 1.82) is 0 Å². The largest absolute Gasteiger partial charge is 0.368 e. The molecule has 2 fully saturated rings. The first-order valence-electron chi connectivity index (χ1n) is 5.08. The number of fused-ring (bicyclic) bond motifs is 2. The number of hydroxylamine groups is 2. The lowest BCUT2D eigenvalue weighted by Gasteiger charge is -2.27. The number of urea groups is 1. The number of hydrogen-bond acceptors (Lipinski definition) is 5. The summed E-state index contributed by atoms with van der Waals surface area (Å²) in [6, 6.07) is -1.64. The second kappa shape index (κ2) is 3.84. The summed E-state index contributed by atoms with van der Waals surface area (Å²) >= 11 is 0. The summed E-state index contributed by atoms with van der Waals surface area (Å²) < 4.78 is 26.6. The number of carbonyl (C=O) groups excluding carboxylic acids is 2. The maximum absolute atomic E-state index is 11.8. The molecule has 0 aromatic heterocycles. The fourth-order valence-electron chi connectivity index (χ4n) is 2.17. The maximum atomic E-state index is 11.8. The number of nitrogens with zero attached hydrogens (tertiary/aromatic N) is 2. The predicted molar refractivity (Wildman–Crippen MR) is 55.9 cm³/mol. The summed E-state index contributed by atoms with van der Waals surface area (Å²) in [5.74, 6) is -0.585. The van der Waals surface area contributed by atoms with Crippen molar-refractivity contribution >= 4 is 22.1 Å². The molecule has 2 rings (SSSR count). The van der Waals surface area contributed by atoms with E-state index in [1.807, 2.05) is 0 Å². The van der Waals surface area contributed by atoms with Crippen molar-refractivity contribution in [2.45, 2.75) is 24.9 Å². The smallest absolute Gasteiger partial charge is 0.346 e. The summed E-state index contributed by atoms with van der Waals surface area (Å²) in [5, 5.41) is 0.818. The van der Waals surface area contributed by atoms with Crippen LogP contribution in [0.2, 0.25) is 0 Å². The summed E-state index contributed by atoms with van der Waals surface area (Å²) in [6.45, 7) is 0.266. The van der Waals surface area contributed by atoms with Crippen LogP contribution in [0.25, 0.3) is 0 Å². The summed E-state index contributed by atoms with van der Waals surface area (Å²) in [4.78, 5) is 24.2. The lowest BCUT2D eigenvalue weighted by molar-refractivity contribution is -0.122. The number of carbonyl (C=O) groups is 2. The molecule has 0 radical (unpaired) electrons. The highest BCUT2D eigenvalue weighted by atomic mass is 32.2. The zero-order valence-electron chi connectivity index (χ0n) is 9.20. The molecule has 0 aromatic carbocycles. The summed E-state index contributed by atoms with van der Waals surface area (Å²) in [6.07, 6.45) is 1.78. The summed E-state index contributed by atoms with van der Waals surface area (Å²) in [7, 11) is -3.75. The number of amides is 3. The zero-order valence-corrected chi connectivity index (χ0v) is 10.0. The van der Waals surface area contributed by atoms with Gasteiger partial charge in [0.05, 0.1) is 12.3 Å². The Balaban J connectivity index is 2.20. The zero-order chi connectivity index (χ0) is 12.8. The van der Waals surface area contributed by atoms with E-state index in [4.69, 9.17) is 5.73 Å². The van der Waals surface area contributed by atoms with Crippen molar-refractivity contribution in [2.75, 3.05) is 12.8 Å². The molecule has 2 bridgehead atoms. The second-order valence-corrected chi connectivity index (χ2v) is 5.75. The first-order valence-corrected chi connectivity index (χ1v) is 6.90. The van der Waals surface area contributed by atoms with E-state index >= 15 is 0 Å². The maximum Gasteiger partial charge on any atom is 0.346 e. The second-order valence-electron chi connectivity index (χ2n) is 4.19. The molecule has 2 N–H and O–H groups in total. The lowest BCUT2D eigenvalue weighted by atomic mass is 10.0. The highest BCUT2D eigenvalue weighted by Gasteiger charge is 2.48. The molecule has 9 heteroatoms. The Kier molecular flexibility index (Phi) is 2.74. The van der Waals surface area contributed by atoms with Crippen LogP contribution in [0.5, 0.6) is 0 Å². The minimum Gasteiger partial charge on any atom is -0.368 e. The molecule has 2 aliphatic rings. The van der Waals surface area contributed by atoms with Crippen LogP contribution in [0.15, 0.2) is 0 Å². The van der Waals surface area contributed by atoms with E-state index in [0.717, 1.165) is 11.3 Å². The van der Waals surface area contributed by atoms with E-state index in [9.17, 15) is 18.0 Å². The Hall–Kier alpha value is -1.35. The van der Waals surface area contributed by atoms with Crippen LogP contribution in [-0.4, -0.2) is 55.2 Å². The highest BCUT2D eigenvalue weighted by Crippen LogP contribution is 2.30. The Morgan fingerprint density at radius 3 is 2.65 bits per heavy atom. The van der Waals surface area contributed by atoms with Crippen LogP contribution in [0.4, 0.5) is 4.79 Å². The topological polar surface area (TPSA) is 110 Å². The molecule has 17 heavy (non-hydrogen) atoms. The molecule has 2 saturated heterocycles. The van der Waals surface area contributed by atoms with Gasteiger partial charge in [-0.1, -0.05) is 0 Å². The molecule has 2 heterocycles. The van der Waals surface area contributed by atoms with Gasteiger partial charge >= 0.3 is 6.03 Å². The van der Waals surface area contributed by atoms with Gasteiger partial charge in [-0.3, -0.25) is 4.79 Å². The average molecular weight is 263 g/mol. The van der Waals surface area contributed by atoms with E-state index in [1.165, 1.54) is 4.90 Å². The third kappa shape index (κ3) is 2.20. The van der Waals surface area contributed by atoms with Crippen molar-refractivity contribution in [1.82, 2.24) is 9.96 Å². The molecule has 96 valence electrons. The fraction of sp³-hybridized carbons (Fsp3) is 0.750. The van der Waals surface area contributed by atoms with Gasteiger partial charge in [0.15, 0.2) is 0 Å². The quantitative estimate of drug-likeness (QED) is 0.675. The fourth-order valence-corrected chi connectivity index (χ4v) is 2.65. The van der Waals surface area contributed by atoms with E-state index in [0.29, 0.717) is 12.8 Å². The van der Waals surface area contributed by atoms with Crippen molar-refractivity contribution < 1.29 is 22.3 Å². The Labute approximate surface area is 98.4 Å². The van der Waals surface area contributed by atoms with Gasteiger partial charge in [0.1, 0.15) is 6.04 Å². The molecule has 1 unspecified atom stereocenters. The van der Waals surface area contributed by atoms with Crippen LogP contribution < -0.4 is 5.73 Å². The first-order chi connectivity index (χ1) is 7.79. The molecule has 2 atom stereocenters. The Morgan fingerprint density at radius 2 is 2.12 bits per heavy atom. The van der Waals surface area contributed by atoms with Crippen molar-refractivity contribution in [3.63, 3.8) is 0 Å². The van der Waals surface area contributed by atoms with E-state index in [1.54, 1.807) is 0 Å². The molecule has 0 spiro atoms. The van der Waals surface area contributed by atoms with Gasteiger partial charge in [0.25, 0.3) is 10.1 Å². The van der Waals surface area contributed by atoms with Gasteiger partial charge < -0.3 is 10.6 Å². The molecular weight excluding hydrogens is 250 g/mol. The van der Waals surface area contributed by atoms with Crippen molar-refractivity contribution in [3.8, 4) is 0 Å². The van der Waals surface area contributed by atoms with Gasteiger partial charge in [0, 0.05) is 6.54 Å². The SMILES string of the molecule is CS(=O)(=O)ON1C(=O)N2C[C@H]1CCC2C(N)=O. The molecule has 8 nitrogen and oxygen atoms in total. The lowest BCUT2D eigenvalue weighted by Crippen LogP contribution is -2.47. The van der Waals surface area contributed by atoms with Crippen molar-refractivity contribution in [3.05, 3.63) is 0 Å². The Morgan fingerprint density at radius 1 is 1.47 bits per heavy atom. The van der Waals surface area contributed by atoms with E-state index in [2.05, 4.69) is 4.28 Å². The van der Waals surface area contributed by atoms with Gasteiger partial charge in [-0.25, -0.2) is 4.79 Å². The Bertz CT molecular complexity index is 462. The van der Waals surface area contributed by atoms with Crippen LogP contribution in [-0.2, 0) is 19.2 Å². The van der Waals surface area contributed by atoms with Gasteiger partial charge in [-0.05, 0) is 12.8 Å². The number of piperidine rings is 1. The first kappa shape index (κ1) is 12.1. The standard InChI is InChI=1S/C8H13N3O5S/c1-17(14,15)16-11-5-2-3-6(7(9)12)10(4-5)8(11)13/h5-6H,2-4H2,1H3,(H2,9,12)/t5-,6?/m1/s1. The minimum atomic E-state index is -3.75. The number of nitrogens with two attached hydrogens (primary N) is 1. The van der Waals surface area contributed by atoms with Crippen LogP contribution in [0, 0.1) is 0 Å². The van der Waals surface area contributed by atoms with Gasteiger partial charge in [-0.15, -0.1) is 4.28 Å². The minimum absolute atomic E-state index is 0.266. The molecule has 3 amide bonds. The monoisotopic (exact) mass is 263 g/mol. The van der Waals surface area contributed by atoms with Gasteiger partial charge in [0.2, 0.25) is 5.91 Å². The van der Waals surface area contributed by atoms with Crippen LogP contribution >= 0.6 is 0 Å². The molecule has 0 aromatic rings. The number of primary amides is 1. The van der Waals surface area contributed by atoms with Crippen molar-refractivity contribution in [2.24, 2.45) is 5.73 Å². The third-order valence-electron chi connectivity index (χ3n) is 2.87. The van der Waals surface area contributed by atoms with E-state index < -0.39 is 28.1 Å². The molecule has 2 aliphatic heterocycles. The third-order valence-corrected chi connectivity index (χ3v) is 3.30.